The Morgan fingerprint density at radius 1 is 1.30 bits per heavy atom. The van der Waals surface area contributed by atoms with Gasteiger partial charge in [-0.1, -0.05) is 18.0 Å². The average Bonchev–Trinajstić information content (AvgIpc) is 2.89. The van der Waals surface area contributed by atoms with Crippen molar-refractivity contribution < 1.29 is 14.3 Å². The van der Waals surface area contributed by atoms with Crippen LogP contribution in [0.15, 0.2) is 12.1 Å². The molecular formula is C19H25ClN4O3. The summed E-state index contributed by atoms with van der Waals surface area (Å²) < 4.78 is 13.0. The number of hydrogen-bond acceptors (Lipinski definition) is 5. The maximum Gasteiger partial charge on any atom is 0.251 e. The summed E-state index contributed by atoms with van der Waals surface area (Å²) in [6, 6.07) is 3.23. The van der Waals surface area contributed by atoms with E-state index in [1.807, 2.05) is 6.92 Å². The van der Waals surface area contributed by atoms with Gasteiger partial charge >= 0.3 is 0 Å². The molecule has 3 rings (SSSR count). The Morgan fingerprint density at radius 3 is 2.93 bits per heavy atom. The van der Waals surface area contributed by atoms with E-state index in [0.29, 0.717) is 41.7 Å². The zero-order chi connectivity index (χ0) is 19.2. The molecule has 7 nitrogen and oxygen atoms in total. The van der Waals surface area contributed by atoms with Crippen LogP contribution in [-0.4, -0.2) is 40.9 Å². The Labute approximate surface area is 164 Å². The first-order valence-corrected chi connectivity index (χ1v) is 9.71. The van der Waals surface area contributed by atoms with E-state index in [-0.39, 0.29) is 5.91 Å². The standard InChI is InChI=1S/C19H25ClN4O3/c1-3-27-18-14(20)11-13(12-15(18)26-2)19(25)21-9-8-17-23-22-16-7-5-4-6-10-24(16)17/h11-12H,3-10H2,1-2H3,(H,21,25). The first-order valence-electron chi connectivity index (χ1n) is 9.33. The third kappa shape index (κ3) is 4.53. The van der Waals surface area contributed by atoms with Crippen molar-refractivity contribution in [2.45, 2.75) is 45.6 Å². The molecule has 0 radical (unpaired) electrons. The van der Waals surface area contributed by atoms with Gasteiger partial charge < -0.3 is 19.4 Å². The summed E-state index contributed by atoms with van der Waals surface area (Å²) in [5.74, 6) is 2.65. The normalized spacial score (nSPS) is 13.6. The summed E-state index contributed by atoms with van der Waals surface area (Å²) in [5, 5.41) is 11.8. The maximum absolute atomic E-state index is 12.5. The number of ether oxygens (including phenoxy) is 2. The lowest BCUT2D eigenvalue weighted by molar-refractivity contribution is 0.0953. The van der Waals surface area contributed by atoms with Gasteiger partial charge in [0.25, 0.3) is 5.91 Å². The second kappa shape index (κ2) is 9.08. The summed E-state index contributed by atoms with van der Waals surface area (Å²) >= 11 is 6.24. The Bertz CT molecular complexity index is 806. The number of hydrogen-bond donors (Lipinski definition) is 1. The van der Waals surface area contributed by atoms with Crippen molar-refractivity contribution in [3.8, 4) is 11.5 Å². The number of benzene rings is 1. The van der Waals surface area contributed by atoms with Crippen molar-refractivity contribution in [1.29, 1.82) is 0 Å². The summed E-state index contributed by atoms with van der Waals surface area (Å²) in [6.45, 7) is 3.76. The van der Waals surface area contributed by atoms with Crippen molar-refractivity contribution in [3.05, 3.63) is 34.4 Å². The van der Waals surface area contributed by atoms with Gasteiger partial charge in [0.2, 0.25) is 0 Å². The number of aromatic nitrogens is 3. The van der Waals surface area contributed by atoms with Gasteiger partial charge in [0.15, 0.2) is 11.5 Å². The van der Waals surface area contributed by atoms with Crippen molar-refractivity contribution >= 4 is 17.5 Å². The van der Waals surface area contributed by atoms with E-state index in [4.69, 9.17) is 21.1 Å². The molecule has 27 heavy (non-hydrogen) atoms. The molecule has 1 aromatic carbocycles. The minimum Gasteiger partial charge on any atom is -0.493 e. The van der Waals surface area contributed by atoms with Gasteiger partial charge in [-0.15, -0.1) is 10.2 Å². The molecule has 1 amide bonds. The number of rotatable bonds is 7. The molecule has 0 atom stereocenters. The number of nitrogens with one attached hydrogen (secondary N) is 1. The molecule has 0 spiro atoms. The number of amides is 1. The van der Waals surface area contributed by atoms with Gasteiger partial charge in [0.1, 0.15) is 11.6 Å². The number of methoxy groups -OCH3 is 1. The Hall–Kier alpha value is -2.28. The predicted octanol–water partition coefficient (Wildman–Crippen LogP) is 3.04. The molecule has 2 heterocycles. The lowest BCUT2D eigenvalue weighted by Crippen LogP contribution is -2.26. The lowest BCUT2D eigenvalue weighted by atomic mass is 10.2. The molecule has 0 bridgehead atoms. The van der Waals surface area contributed by atoms with Gasteiger partial charge in [-0.2, -0.15) is 0 Å². The molecule has 1 aliphatic heterocycles. The molecule has 146 valence electrons. The topological polar surface area (TPSA) is 78.3 Å². The molecule has 0 saturated heterocycles. The maximum atomic E-state index is 12.5. The summed E-state index contributed by atoms with van der Waals surface area (Å²) in [4.78, 5) is 12.5. The Morgan fingerprint density at radius 2 is 2.15 bits per heavy atom. The van der Waals surface area contributed by atoms with Crippen LogP contribution < -0.4 is 14.8 Å². The zero-order valence-corrected chi connectivity index (χ0v) is 16.5. The number of carbonyl (C=O) groups excluding carboxylic acids is 1. The third-order valence-electron chi connectivity index (χ3n) is 4.60. The van der Waals surface area contributed by atoms with E-state index < -0.39 is 0 Å². The number of carbonyl (C=O) groups is 1. The molecule has 8 heteroatoms. The Kier molecular flexibility index (Phi) is 6.55. The monoisotopic (exact) mass is 392 g/mol. The van der Waals surface area contributed by atoms with Crippen molar-refractivity contribution in [2.24, 2.45) is 0 Å². The largest absolute Gasteiger partial charge is 0.493 e. The molecule has 2 aromatic rings. The van der Waals surface area contributed by atoms with E-state index in [2.05, 4.69) is 20.1 Å². The fraction of sp³-hybridized carbons (Fsp3) is 0.526. The average molecular weight is 393 g/mol. The molecule has 1 aliphatic rings. The van der Waals surface area contributed by atoms with Crippen LogP contribution in [0.2, 0.25) is 5.02 Å². The van der Waals surface area contributed by atoms with E-state index >= 15 is 0 Å². The SMILES string of the molecule is CCOc1c(Cl)cc(C(=O)NCCc2nnc3n2CCCCC3)cc1OC. The second-order valence-corrected chi connectivity index (χ2v) is 6.83. The molecule has 0 unspecified atom stereocenters. The number of aryl methyl sites for hydroxylation is 1. The van der Waals surface area contributed by atoms with Crippen molar-refractivity contribution in [1.82, 2.24) is 20.1 Å². The van der Waals surface area contributed by atoms with Gasteiger partial charge in [-0.25, -0.2) is 0 Å². The van der Waals surface area contributed by atoms with Gasteiger partial charge in [0.05, 0.1) is 18.7 Å². The van der Waals surface area contributed by atoms with Crippen LogP contribution in [0.4, 0.5) is 0 Å². The molecule has 1 aromatic heterocycles. The minimum atomic E-state index is -0.214. The second-order valence-electron chi connectivity index (χ2n) is 6.42. The number of halogens is 1. The summed E-state index contributed by atoms with van der Waals surface area (Å²) in [5.41, 5.74) is 0.431. The van der Waals surface area contributed by atoms with Gasteiger partial charge in [-0.05, 0) is 31.9 Å². The zero-order valence-electron chi connectivity index (χ0n) is 15.8. The molecule has 1 N–H and O–H groups in total. The van der Waals surface area contributed by atoms with E-state index in [9.17, 15) is 4.79 Å². The smallest absolute Gasteiger partial charge is 0.251 e. The van der Waals surface area contributed by atoms with Crippen LogP contribution in [-0.2, 0) is 19.4 Å². The Balaban J connectivity index is 1.63. The first-order chi connectivity index (χ1) is 13.1. The van der Waals surface area contributed by atoms with Crippen LogP contribution in [0.25, 0.3) is 0 Å². The first kappa shape index (κ1) is 19.5. The van der Waals surface area contributed by atoms with Crippen LogP contribution in [0.3, 0.4) is 0 Å². The third-order valence-corrected chi connectivity index (χ3v) is 4.88. The van der Waals surface area contributed by atoms with E-state index in [1.54, 1.807) is 12.1 Å². The summed E-state index contributed by atoms with van der Waals surface area (Å²) in [6.07, 6.45) is 5.15. The molecule has 0 fully saturated rings. The van der Waals surface area contributed by atoms with Crippen LogP contribution in [0.1, 0.15) is 48.2 Å². The van der Waals surface area contributed by atoms with Crippen LogP contribution in [0.5, 0.6) is 11.5 Å². The fourth-order valence-corrected chi connectivity index (χ4v) is 3.52. The summed E-state index contributed by atoms with van der Waals surface area (Å²) in [7, 11) is 1.52. The highest BCUT2D eigenvalue weighted by atomic mass is 35.5. The minimum absolute atomic E-state index is 0.214. The van der Waals surface area contributed by atoms with Crippen LogP contribution >= 0.6 is 11.6 Å². The van der Waals surface area contributed by atoms with Crippen LogP contribution in [0, 0.1) is 0 Å². The molecular weight excluding hydrogens is 368 g/mol. The lowest BCUT2D eigenvalue weighted by Gasteiger charge is -2.13. The highest BCUT2D eigenvalue weighted by Crippen LogP contribution is 2.36. The van der Waals surface area contributed by atoms with Gasteiger partial charge in [-0.3, -0.25) is 4.79 Å². The molecule has 0 saturated carbocycles. The predicted molar refractivity (Wildman–Crippen MR) is 103 cm³/mol. The van der Waals surface area contributed by atoms with E-state index in [1.165, 1.54) is 13.5 Å². The highest BCUT2D eigenvalue weighted by molar-refractivity contribution is 6.32. The molecule has 0 aliphatic carbocycles. The van der Waals surface area contributed by atoms with Crippen molar-refractivity contribution in [2.75, 3.05) is 20.3 Å². The highest BCUT2D eigenvalue weighted by Gasteiger charge is 2.17. The number of nitrogens with zero attached hydrogens (tertiary/aromatic N) is 3. The number of fused-ring (bicyclic) bond motifs is 1. The fourth-order valence-electron chi connectivity index (χ4n) is 3.26. The quantitative estimate of drug-likeness (QED) is 0.783. The van der Waals surface area contributed by atoms with Crippen molar-refractivity contribution in [3.63, 3.8) is 0 Å². The van der Waals surface area contributed by atoms with E-state index in [0.717, 1.165) is 37.5 Å². The van der Waals surface area contributed by atoms with Gasteiger partial charge in [0, 0.05) is 31.5 Å².